The number of hydrogen-bond acceptors (Lipinski definition) is 3. The van der Waals surface area contributed by atoms with Crippen molar-refractivity contribution in [3.63, 3.8) is 0 Å². The number of nitrogens with two attached hydrogens (primary N) is 1. The maximum absolute atomic E-state index is 13.0. The fraction of sp³-hybridized carbons (Fsp3) is 0.409. The lowest BCUT2D eigenvalue weighted by atomic mass is 9.96. The highest BCUT2D eigenvalue weighted by Gasteiger charge is 2.20. The molecule has 0 saturated heterocycles. The van der Waals surface area contributed by atoms with Crippen LogP contribution in [0.1, 0.15) is 48.8 Å². The standard InChI is InChI=1S/C22H29N3O3S/c1-17-7-9-18(10-8-17)15-25(22(26)24-20-5-3-2-4-6-20)16-19-11-13-21(14-12-19)29(23,27)28/h7-14,20H,2-6,15-16H2,1H3,(H,24,26)(H2,23,27,28). The number of rotatable bonds is 6. The van der Waals surface area contributed by atoms with Gasteiger partial charge in [-0.15, -0.1) is 0 Å². The van der Waals surface area contributed by atoms with E-state index >= 15 is 0 Å². The van der Waals surface area contributed by atoms with Gasteiger partial charge in [0.05, 0.1) is 4.90 Å². The molecule has 1 saturated carbocycles. The SMILES string of the molecule is Cc1ccc(CN(Cc2ccc(S(N)(=O)=O)cc2)C(=O)NC2CCCCC2)cc1. The van der Waals surface area contributed by atoms with E-state index in [0.717, 1.165) is 36.8 Å². The van der Waals surface area contributed by atoms with Crippen molar-refractivity contribution >= 4 is 16.1 Å². The number of hydrogen-bond donors (Lipinski definition) is 2. The summed E-state index contributed by atoms with van der Waals surface area (Å²) >= 11 is 0. The summed E-state index contributed by atoms with van der Waals surface area (Å²) < 4.78 is 22.9. The minimum Gasteiger partial charge on any atom is -0.335 e. The van der Waals surface area contributed by atoms with Crippen LogP contribution in [0.2, 0.25) is 0 Å². The third-order valence-electron chi connectivity index (χ3n) is 5.34. The Kier molecular flexibility index (Phi) is 6.92. The van der Waals surface area contributed by atoms with Gasteiger partial charge in [0.2, 0.25) is 10.0 Å². The fourth-order valence-corrected chi connectivity index (χ4v) is 4.15. The van der Waals surface area contributed by atoms with Crippen LogP contribution in [0.3, 0.4) is 0 Å². The fourth-order valence-electron chi connectivity index (χ4n) is 3.63. The minimum absolute atomic E-state index is 0.0676. The normalized spacial score (nSPS) is 15.1. The Hall–Kier alpha value is -2.38. The van der Waals surface area contributed by atoms with Gasteiger partial charge in [0, 0.05) is 19.1 Å². The van der Waals surface area contributed by atoms with E-state index in [4.69, 9.17) is 5.14 Å². The van der Waals surface area contributed by atoms with Crippen LogP contribution in [0.5, 0.6) is 0 Å². The zero-order valence-electron chi connectivity index (χ0n) is 16.8. The average Bonchev–Trinajstić information content (AvgIpc) is 2.69. The van der Waals surface area contributed by atoms with Crippen LogP contribution in [0, 0.1) is 6.92 Å². The maximum Gasteiger partial charge on any atom is 0.318 e. The summed E-state index contributed by atoms with van der Waals surface area (Å²) in [5.74, 6) is 0. The van der Waals surface area contributed by atoms with Crippen LogP contribution in [-0.2, 0) is 23.1 Å². The number of carbonyl (C=O) groups excluding carboxylic acids is 1. The highest BCUT2D eigenvalue weighted by molar-refractivity contribution is 7.89. The average molecular weight is 416 g/mol. The Labute approximate surface area is 173 Å². The van der Waals surface area contributed by atoms with Crippen molar-refractivity contribution < 1.29 is 13.2 Å². The summed E-state index contributed by atoms with van der Waals surface area (Å²) in [7, 11) is -3.73. The van der Waals surface area contributed by atoms with Gasteiger partial charge in [-0.05, 0) is 43.0 Å². The van der Waals surface area contributed by atoms with E-state index in [1.54, 1.807) is 17.0 Å². The number of aryl methyl sites for hydroxylation is 1. The van der Waals surface area contributed by atoms with Crippen LogP contribution in [0.15, 0.2) is 53.4 Å². The summed E-state index contributed by atoms with van der Waals surface area (Å²) in [6.07, 6.45) is 5.58. The van der Waals surface area contributed by atoms with Gasteiger partial charge in [0.15, 0.2) is 0 Å². The predicted molar refractivity (Wildman–Crippen MR) is 114 cm³/mol. The van der Waals surface area contributed by atoms with Gasteiger partial charge in [0.25, 0.3) is 0 Å². The van der Waals surface area contributed by atoms with Crippen molar-refractivity contribution in [2.24, 2.45) is 5.14 Å². The van der Waals surface area contributed by atoms with E-state index in [-0.39, 0.29) is 17.0 Å². The van der Waals surface area contributed by atoms with Gasteiger partial charge in [-0.2, -0.15) is 0 Å². The molecule has 3 rings (SSSR count). The van der Waals surface area contributed by atoms with Gasteiger partial charge in [0.1, 0.15) is 0 Å². The molecular weight excluding hydrogens is 386 g/mol. The summed E-state index contributed by atoms with van der Waals surface area (Å²) in [4.78, 5) is 14.8. The Balaban J connectivity index is 1.75. The maximum atomic E-state index is 13.0. The van der Waals surface area contributed by atoms with Crippen LogP contribution in [-0.4, -0.2) is 25.4 Å². The molecule has 156 valence electrons. The van der Waals surface area contributed by atoms with Gasteiger partial charge in [-0.3, -0.25) is 0 Å². The molecule has 0 aromatic heterocycles. The molecule has 0 radical (unpaired) electrons. The van der Waals surface area contributed by atoms with Gasteiger partial charge in [-0.25, -0.2) is 18.4 Å². The van der Waals surface area contributed by atoms with Gasteiger partial charge in [-0.1, -0.05) is 61.2 Å². The molecule has 1 aliphatic rings. The minimum atomic E-state index is -3.73. The molecule has 0 atom stereocenters. The molecule has 0 spiro atoms. The highest BCUT2D eigenvalue weighted by atomic mass is 32.2. The van der Waals surface area contributed by atoms with E-state index in [0.29, 0.717) is 13.1 Å². The molecule has 29 heavy (non-hydrogen) atoms. The first-order chi connectivity index (χ1) is 13.8. The molecular formula is C22H29N3O3S. The Morgan fingerprint density at radius 3 is 2.00 bits per heavy atom. The van der Waals surface area contributed by atoms with Crippen molar-refractivity contribution in [2.45, 2.75) is 63.1 Å². The molecule has 0 bridgehead atoms. The van der Waals surface area contributed by atoms with Crippen LogP contribution in [0.25, 0.3) is 0 Å². The Morgan fingerprint density at radius 1 is 0.966 bits per heavy atom. The summed E-state index contributed by atoms with van der Waals surface area (Å²) in [5.41, 5.74) is 3.07. The lowest BCUT2D eigenvalue weighted by Gasteiger charge is -2.28. The lowest BCUT2D eigenvalue weighted by molar-refractivity contribution is 0.184. The Bertz CT molecular complexity index is 919. The van der Waals surface area contributed by atoms with Crippen molar-refractivity contribution in [1.82, 2.24) is 10.2 Å². The molecule has 2 amide bonds. The zero-order chi connectivity index (χ0) is 20.9. The van der Waals surface area contributed by atoms with Crippen molar-refractivity contribution in [2.75, 3.05) is 0 Å². The predicted octanol–water partition coefficient (Wildman–Crippen LogP) is 3.69. The summed E-state index contributed by atoms with van der Waals surface area (Å²) in [6.45, 7) is 2.90. The number of primary sulfonamides is 1. The molecule has 7 heteroatoms. The monoisotopic (exact) mass is 415 g/mol. The van der Waals surface area contributed by atoms with Gasteiger partial charge >= 0.3 is 6.03 Å². The molecule has 0 heterocycles. The molecule has 1 fully saturated rings. The van der Waals surface area contributed by atoms with Crippen LogP contribution in [0.4, 0.5) is 4.79 Å². The number of nitrogens with zero attached hydrogens (tertiary/aromatic N) is 1. The number of amides is 2. The third kappa shape index (κ3) is 6.30. The summed E-state index contributed by atoms with van der Waals surface area (Å²) in [6, 6.07) is 14.6. The largest absolute Gasteiger partial charge is 0.335 e. The zero-order valence-corrected chi connectivity index (χ0v) is 17.6. The molecule has 2 aromatic rings. The number of urea groups is 1. The smallest absolute Gasteiger partial charge is 0.318 e. The van der Waals surface area contributed by atoms with Crippen LogP contribution < -0.4 is 10.5 Å². The highest BCUT2D eigenvalue weighted by Crippen LogP contribution is 2.19. The first-order valence-corrected chi connectivity index (χ1v) is 11.6. The summed E-state index contributed by atoms with van der Waals surface area (Å²) in [5, 5.41) is 8.35. The molecule has 1 aliphatic carbocycles. The topological polar surface area (TPSA) is 92.5 Å². The third-order valence-corrected chi connectivity index (χ3v) is 6.27. The molecule has 0 unspecified atom stereocenters. The van der Waals surface area contributed by atoms with E-state index in [2.05, 4.69) is 5.32 Å². The second kappa shape index (κ2) is 9.41. The first-order valence-electron chi connectivity index (χ1n) is 10.0. The molecule has 6 nitrogen and oxygen atoms in total. The second-order valence-corrected chi connectivity index (χ2v) is 9.38. The van der Waals surface area contributed by atoms with Crippen molar-refractivity contribution in [3.05, 3.63) is 65.2 Å². The number of nitrogens with one attached hydrogen (secondary N) is 1. The molecule has 3 N–H and O–H groups in total. The second-order valence-electron chi connectivity index (χ2n) is 7.82. The lowest BCUT2D eigenvalue weighted by Crippen LogP contribution is -2.44. The Morgan fingerprint density at radius 2 is 1.48 bits per heavy atom. The van der Waals surface area contributed by atoms with E-state index in [1.165, 1.54) is 24.1 Å². The van der Waals surface area contributed by atoms with E-state index in [1.807, 2.05) is 31.2 Å². The van der Waals surface area contributed by atoms with Crippen molar-refractivity contribution in [3.8, 4) is 0 Å². The van der Waals surface area contributed by atoms with Crippen LogP contribution >= 0.6 is 0 Å². The van der Waals surface area contributed by atoms with Crippen molar-refractivity contribution in [1.29, 1.82) is 0 Å². The number of carbonyl (C=O) groups is 1. The number of benzene rings is 2. The quantitative estimate of drug-likeness (QED) is 0.754. The van der Waals surface area contributed by atoms with E-state index < -0.39 is 10.0 Å². The van der Waals surface area contributed by atoms with E-state index in [9.17, 15) is 13.2 Å². The van der Waals surface area contributed by atoms with Gasteiger partial charge < -0.3 is 10.2 Å². The number of sulfonamides is 1. The molecule has 2 aromatic carbocycles. The first kappa shape index (κ1) is 21.3. The molecule has 0 aliphatic heterocycles.